The number of methoxy groups -OCH3 is 1. The van der Waals surface area contributed by atoms with Crippen molar-refractivity contribution in [2.75, 3.05) is 79.9 Å². The lowest BCUT2D eigenvalue weighted by molar-refractivity contribution is 0.0169. The zero-order valence-electron chi connectivity index (χ0n) is 18.2. The molecule has 0 radical (unpaired) electrons. The molecule has 0 saturated carbocycles. The van der Waals surface area contributed by atoms with Crippen LogP contribution in [0.25, 0.3) is 0 Å². The molecule has 0 spiro atoms. The Bertz CT molecular complexity index is 670. The van der Waals surface area contributed by atoms with Crippen molar-refractivity contribution >= 4 is 17.6 Å². The predicted octanol–water partition coefficient (Wildman–Crippen LogP) is 2.27. The Morgan fingerprint density at radius 1 is 1.30 bits per heavy atom. The SMILES string of the molecule is CN=C(NCC(c1cccc(Cl)c1)N1CCOCC1)N1CCC(COCCOC)C1. The molecular weight excluding hydrogens is 404 g/mol. The molecule has 0 amide bonds. The van der Waals surface area contributed by atoms with Crippen LogP contribution in [0.2, 0.25) is 5.02 Å². The number of ether oxygens (including phenoxy) is 3. The molecule has 3 rings (SSSR count). The van der Waals surface area contributed by atoms with Crippen molar-refractivity contribution < 1.29 is 14.2 Å². The summed E-state index contributed by atoms with van der Waals surface area (Å²) in [6.45, 7) is 8.18. The minimum Gasteiger partial charge on any atom is -0.382 e. The van der Waals surface area contributed by atoms with Crippen LogP contribution in [0, 0.1) is 5.92 Å². The molecule has 2 aliphatic rings. The fourth-order valence-electron chi connectivity index (χ4n) is 4.13. The Labute approximate surface area is 185 Å². The highest BCUT2D eigenvalue weighted by atomic mass is 35.5. The molecule has 1 aromatic rings. The molecule has 8 heteroatoms. The van der Waals surface area contributed by atoms with Crippen molar-refractivity contribution in [3.63, 3.8) is 0 Å². The Hall–Kier alpha value is -1.38. The summed E-state index contributed by atoms with van der Waals surface area (Å²) in [5, 5.41) is 4.38. The maximum absolute atomic E-state index is 6.28. The van der Waals surface area contributed by atoms with E-state index in [0.717, 1.165) is 69.9 Å². The molecule has 168 valence electrons. The van der Waals surface area contributed by atoms with Gasteiger partial charge in [0, 0.05) is 57.8 Å². The largest absolute Gasteiger partial charge is 0.382 e. The van der Waals surface area contributed by atoms with E-state index in [2.05, 4.69) is 32.2 Å². The van der Waals surface area contributed by atoms with Gasteiger partial charge in [0.15, 0.2) is 5.96 Å². The number of aliphatic imine (C=N–C) groups is 1. The van der Waals surface area contributed by atoms with Crippen LogP contribution < -0.4 is 5.32 Å². The maximum Gasteiger partial charge on any atom is 0.193 e. The number of hydrogen-bond acceptors (Lipinski definition) is 5. The molecular formula is C22H35ClN4O3. The van der Waals surface area contributed by atoms with Gasteiger partial charge in [0.25, 0.3) is 0 Å². The van der Waals surface area contributed by atoms with Crippen molar-refractivity contribution in [1.82, 2.24) is 15.1 Å². The lowest BCUT2D eigenvalue weighted by Gasteiger charge is -2.35. The first-order valence-electron chi connectivity index (χ1n) is 10.8. The highest BCUT2D eigenvalue weighted by Gasteiger charge is 2.27. The van der Waals surface area contributed by atoms with Crippen molar-refractivity contribution in [2.24, 2.45) is 10.9 Å². The fourth-order valence-corrected chi connectivity index (χ4v) is 4.33. The van der Waals surface area contributed by atoms with Crippen LogP contribution in [0.4, 0.5) is 0 Å². The van der Waals surface area contributed by atoms with Gasteiger partial charge in [-0.05, 0) is 24.1 Å². The molecule has 0 aliphatic carbocycles. The minimum atomic E-state index is 0.222. The molecule has 1 N–H and O–H groups in total. The summed E-state index contributed by atoms with van der Waals surface area (Å²) in [6, 6.07) is 8.39. The summed E-state index contributed by atoms with van der Waals surface area (Å²) >= 11 is 6.28. The van der Waals surface area contributed by atoms with E-state index in [-0.39, 0.29) is 6.04 Å². The van der Waals surface area contributed by atoms with Gasteiger partial charge in [-0.15, -0.1) is 0 Å². The highest BCUT2D eigenvalue weighted by molar-refractivity contribution is 6.30. The minimum absolute atomic E-state index is 0.222. The molecule has 0 bridgehead atoms. The van der Waals surface area contributed by atoms with E-state index in [9.17, 15) is 0 Å². The molecule has 1 aromatic carbocycles. The van der Waals surface area contributed by atoms with E-state index in [1.165, 1.54) is 5.56 Å². The summed E-state index contributed by atoms with van der Waals surface area (Å²) < 4.78 is 16.3. The lowest BCUT2D eigenvalue weighted by Crippen LogP contribution is -2.47. The van der Waals surface area contributed by atoms with Gasteiger partial charge in [-0.2, -0.15) is 0 Å². The van der Waals surface area contributed by atoms with Crippen LogP contribution in [0.1, 0.15) is 18.0 Å². The third-order valence-corrected chi connectivity index (χ3v) is 5.99. The zero-order valence-corrected chi connectivity index (χ0v) is 18.9. The summed E-state index contributed by atoms with van der Waals surface area (Å²) in [5.74, 6) is 1.48. The first kappa shape index (κ1) is 23.3. The number of nitrogens with one attached hydrogen (secondary N) is 1. The number of likely N-dealkylation sites (tertiary alicyclic amines) is 1. The molecule has 2 fully saturated rings. The fraction of sp³-hybridized carbons (Fsp3) is 0.682. The van der Waals surface area contributed by atoms with Gasteiger partial charge in [0.1, 0.15) is 0 Å². The summed E-state index contributed by atoms with van der Waals surface area (Å²) in [5.41, 5.74) is 1.22. The van der Waals surface area contributed by atoms with E-state index in [1.54, 1.807) is 7.11 Å². The van der Waals surface area contributed by atoms with E-state index >= 15 is 0 Å². The molecule has 2 heterocycles. The number of benzene rings is 1. The smallest absolute Gasteiger partial charge is 0.193 e. The molecule has 7 nitrogen and oxygen atoms in total. The highest BCUT2D eigenvalue weighted by Crippen LogP contribution is 2.24. The van der Waals surface area contributed by atoms with Gasteiger partial charge < -0.3 is 24.4 Å². The number of rotatable bonds is 9. The Morgan fingerprint density at radius 2 is 2.13 bits per heavy atom. The third-order valence-electron chi connectivity index (χ3n) is 5.76. The Balaban J connectivity index is 1.57. The van der Waals surface area contributed by atoms with Crippen LogP contribution in [-0.4, -0.2) is 95.7 Å². The van der Waals surface area contributed by atoms with E-state index in [0.29, 0.717) is 19.1 Å². The average Bonchev–Trinajstić information content (AvgIpc) is 3.24. The van der Waals surface area contributed by atoms with Crippen LogP contribution in [0.5, 0.6) is 0 Å². The molecule has 2 atom stereocenters. The first-order chi connectivity index (χ1) is 14.7. The molecule has 2 aliphatic heterocycles. The van der Waals surface area contributed by atoms with E-state index in [4.69, 9.17) is 25.8 Å². The second-order valence-electron chi connectivity index (χ2n) is 7.82. The van der Waals surface area contributed by atoms with Crippen LogP contribution in [0.3, 0.4) is 0 Å². The van der Waals surface area contributed by atoms with Crippen molar-refractivity contribution in [2.45, 2.75) is 12.5 Å². The maximum atomic E-state index is 6.28. The van der Waals surface area contributed by atoms with Crippen molar-refractivity contribution in [3.8, 4) is 0 Å². The number of nitrogens with zero attached hydrogens (tertiary/aromatic N) is 3. The van der Waals surface area contributed by atoms with Crippen molar-refractivity contribution in [1.29, 1.82) is 0 Å². The average molecular weight is 439 g/mol. The molecule has 30 heavy (non-hydrogen) atoms. The molecule has 0 aromatic heterocycles. The Morgan fingerprint density at radius 3 is 2.87 bits per heavy atom. The monoisotopic (exact) mass is 438 g/mol. The second kappa shape index (κ2) is 12.5. The van der Waals surface area contributed by atoms with Gasteiger partial charge in [0.2, 0.25) is 0 Å². The predicted molar refractivity (Wildman–Crippen MR) is 120 cm³/mol. The van der Waals surface area contributed by atoms with Gasteiger partial charge in [-0.25, -0.2) is 0 Å². The summed E-state index contributed by atoms with van der Waals surface area (Å²) in [6.07, 6.45) is 1.12. The summed E-state index contributed by atoms with van der Waals surface area (Å²) in [4.78, 5) is 9.34. The Kier molecular flexibility index (Phi) is 9.68. The first-order valence-corrected chi connectivity index (χ1v) is 11.2. The van der Waals surface area contributed by atoms with Crippen molar-refractivity contribution in [3.05, 3.63) is 34.9 Å². The summed E-state index contributed by atoms with van der Waals surface area (Å²) in [7, 11) is 3.55. The second-order valence-corrected chi connectivity index (χ2v) is 8.25. The van der Waals surface area contributed by atoms with Crippen LogP contribution in [-0.2, 0) is 14.2 Å². The van der Waals surface area contributed by atoms with Crippen LogP contribution >= 0.6 is 11.6 Å². The molecule has 2 saturated heterocycles. The number of morpholine rings is 1. The van der Waals surface area contributed by atoms with Gasteiger partial charge in [-0.3, -0.25) is 9.89 Å². The number of hydrogen-bond donors (Lipinski definition) is 1. The van der Waals surface area contributed by atoms with E-state index < -0.39 is 0 Å². The molecule has 2 unspecified atom stereocenters. The van der Waals surface area contributed by atoms with Gasteiger partial charge >= 0.3 is 0 Å². The van der Waals surface area contributed by atoms with Crippen LogP contribution in [0.15, 0.2) is 29.3 Å². The van der Waals surface area contributed by atoms with Gasteiger partial charge in [0.05, 0.1) is 39.1 Å². The number of guanidine groups is 1. The number of halogens is 1. The standard InChI is InChI=1S/C22H35ClN4O3/c1-24-22(27-7-6-18(16-27)17-30-13-12-28-2)25-15-21(26-8-10-29-11-9-26)19-4-3-5-20(23)14-19/h3-5,14,18,21H,6-13,15-17H2,1-2H3,(H,24,25). The third kappa shape index (κ3) is 6.82. The topological polar surface area (TPSA) is 58.6 Å². The van der Waals surface area contributed by atoms with E-state index in [1.807, 2.05) is 19.2 Å². The lowest BCUT2D eigenvalue weighted by atomic mass is 10.0. The quantitative estimate of drug-likeness (QED) is 0.362. The normalized spacial score (nSPS) is 21.8. The van der Waals surface area contributed by atoms with Gasteiger partial charge in [-0.1, -0.05) is 23.7 Å². The zero-order chi connectivity index (χ0) is 21.2.